The van der Waals surface area contributed by atoms with E-state index in [4.69, 9.17) is 4.74 Å². The van der Waals surface area contributed by atoms with Gasteiger partial charge in [-0.2, -0.15) is 0 Å². The quantitative estimate of drug-likeness (QED) is 0.199. The van der Waals surface area contributed by atoms with Crippen LogP contribution in [0, 0.1) is 35.5 Å². The van der Waals surface area contributed by atoms with E-state index in [0.717, 1.165) is 50.4 Å². The highest BCUT2D eigenvalue weighted by Gasteiger charge is 2.30. The summed E-state index contributed by atoms with van der Waals surface area (Å²) < 4.78 is 34.5. The Hall–Kier alpha value is -1.56. The molecule has 0 amide bonds. The van der Waals surface area contributed by atoms with Crippen LogP contribution < -0.4 is 0 Å². The summed E-state index contributed by atoms with van der Waals surface area (Å²) in [5.74, 6) is 3.77. The molecular weight excluding hydrogens is 438 g/mol. The molecule has 0 bridgehead atoms. The summed E-state index contributed by atoms with van der Waals surface area (Å²) in [6.45, 7) is 0. The van der Waals surface area contributed by atoms with E-state index < -0.39 is 11.6 Å². The van der Waals surface area contributed by atoms with Crippen LogP contribution in [0.4, 0.5) is 8.78 Å². The van der Waals surface area contributed by atoms with Crippen molar-refractivity contribution in [3.8, 4) is 12.0 Å². The summed E-state index contributed by atoms with van der Waals surface area (Å²) >= 11 is 0. The highest BCUT2D eigenvalue weighted by atomic mass is 19.2. The Morgan fingerprint density at radius 1 is 0.714 bits per heavy atom. The van der Waals surface area contributed by atoms with Gasteiger partial charge in [0.1, 0.15) is 6.11 Å². The van der Waals surface area contributed by atoms with Crippen molar-refractivity contribution < 1.29 is 13.5 Å². The molecule has 1 nitrogen and oxygen atoms in total. The van der Waals surface area contributed by atoms with E-state index in [2.05, 4.69) is 12.0 Å². The van der Waals surface area contributed by atoms with E-state index in [1.165, 1.54) is 83.5 Å². The molecule has 0 spiro atoms. The maximum Gasteiger partial charge on any atom is 0.162 e. The minimum absolute atomic E-state index is 0.205. The number of ether oxygens (including phenoxy) is 1. The SMILES string of the molecule is COC#CCCCCCCCCCCCc1ccc(C2CCC(C3CCCCC3)CC2)c(F)c1F. The molecule has 1 aromatic carbocycles. The van der Waals surface area contributed by atoms with Gasteiger partial charge in [0.15, 0.2) is 11.6 Å². The molecule has 3 heteroatoms. The van der Waals surface area contributed by atoms with Crippen molar-refractivity contribution >= 4 is 0 Å². The fourth-order valence-electron chi connectivity index (χ4n) is 6.51. The van der Waals surface area contributed by atoms with Crippen LogP contribution in [0.5, 0.6) is 0 Å². The average molecular weight is 487 g/mol. The topological polar surface area (TPSA) is 9.23 Å². The van der Waals surface area contributed by atoms with Gasteiger partial charge in [-0.15, -0.1) is 0 Å². The van der Waals surface area contributed by atoms with Gasteiger partial charge in [0.05, 0.1) is 7.11 Å². The predicted octanol–water partition coefficient (Wildman–Crippen LogP) is 9.87. The summed E-state index contributed by atoms with van der Waals surface area (Å²) in [4.78, 5) is 0. The summed E-state index contributed by atoms with van der Waals surface area (Å²) in [5.41, 5.74) is 1.21. The van der Waals surface area contributed by atoms with E-state index in [1.54, 1.807) is 7.11 Å². The van der Waals surface area contributed by atoms with Crippen LogP contribution in [-0.2, 0) is 11.2 Å². The van der Waals surface area contributed by atoms with Gasteiger partial charge in [-0.05, 0) is 73.8 Å². The van der Waals surface area contributed by atoms with Gasteiger partial charge >= 0.3 is 0 Å². The molecule has 196 valence electrons. The van der Waals surface area contributed by atoms with Crippen LogP contribution in [0.25, 0.3) is 0 Å². The third-order valence-electron chi connectivity index (χ3n) is 8.64. The minimum atomic E-state index is -0.577. The molecular formula is C32H48F2O. The van der Waals surface area contributed by atoms with Crippen LogP contribution in [0.2, 0.25) is 0 Å². The predicted molar refractivity (Wildman–Crippen MR) is 142 cm³/mol. The van der Waals surface area contributed by atoms with Crippen LogP contribution in [0.15, 0.2) is 12.1 Å². The van der Waals surface area contributed by atoms with Gasteiger partial charge in [-0.3, -0.25) is 0 Å². The zero-order valence-corrected chi connectivity index (χ0v) is 22.2. The molecule has 2 saturated carbocycles. The molecule has 0 heterocycles. The largest absolute Gasteiger partial charge is 0.450 e. The average Bonchev–Trinajstić information content (AvgIpc) is 2.90. The van der Waals surface area contributed by atoms with Crippen molar-refractivity contribution in [2.75, 3.05) is 7.11 Å². The normalized spacial score (nSPS) is 20.9. The molecule has 2 aliphatic rings. The van der Waals surface area contributed by atoms with Crippen molar-refractivity contribution in [3.05, 3.63) is 34.9 Å². The van der Waals surface area contributed by atoms with Crippen LogP contribution >= 0.6 is 0 Å². The highest BCUT2D eigenvalue weighted by Crippen LogP contribution is 2.43. The van der Waals surface area contributed by atoms with Gasteiger partial charge in [-0.25, -0.2) is 8.78 Å². The molecule has 0 aromatic heterocycles. The number of hydrogen-bond acceptors (Lipinski definition) is 1. The van der Waals surface area contributed by atoms with Gasteiger partial charge in [0.25, 0.3) is 0 Å². The van der Waals surface area contributed by atoms with E-state index in [-0.39, 0.29) is 5.92 Å². The lowest BCUT2D eigenvalue weighted by molar-refractivity contribution is 0.185. The Kier molecular flexibility index (Phi) is 13.0. The van der Waals surface area contributed by atoms with E-state index >= 15 is 0 Å². The fourth-order valence-corrected chi connectivity index (χ4v) is 6.51. The first-order valence-corrected chi connectivity index (χ1v) is 14.7. The Labute approximate surface area is 213 Å². The lowest BCUT2D eigenvalue weighted by atomic mass is 9.70. The smallest absolute Gasteiger partial charge is 0.162 e. The summed E-state index contributed by atoms with van der Waals surface area (Å²) in [5, 5.41) is 0. The zero-order chi connectivity index (χ0) is 24.7. The molecule has 0 unspecified atom stereocenters. The third kappa shape index (κ3) is 9.44. The Morgan fingerprint density at radius 2 is 1.31 bits per heavy atom. The van der Waals surface area contributed by atoms with Crippen molar-refractivity contribution in [2.45, 2.75) is 134 Å². The molecule has 0 radical (unpaired) electrons. The monoisotopic (exact) mass is 486 g/mol. The Bertz CT molecular complexity index is 779. The number of benzene rings is 1. The van der Waals surface area contributed by atoms with E-state index in [0.29, 0.717) is 17.5 Å². The molecule has 2 aliphatic carbocycles. The van der Waals surface area contributed by atoms with Gasteiger partial charge in [0, 0.05) is 6.42 Å². The zero-order valence-electron chi connectivity index (χ0n) is 22.2. The molecule has 1 aromatic rings. The second kappa shape index (κ2) is 16.2. The number of halogens is 2. The standard InChI is InChI=1S/C32H48F2O/c1-35-25-15-10-8-6-4-2-3-5-7-9-12-18-29-23-24-30(32(34)31(29)33)28-21-19-27(20-22-28)26-16-13-11-14-17-26/h23-24,26-28H,2-14,16-22H2,1H3. The lowest BCUT2D eigenvalue weighted by Gasteiger charge is -2.36. The molecule has 35 heavy (non-hydrogen) atoms. The molecule has 0 saturated heterocycles. The van der Waals surface area contributed by atoms with Gasteiger partial charge in [0.2, 0.25) is 0 Å². The van der Waals surface area contributed by atoms with E-state index in [9.17, 15) is 8.78 Å². The van der Waals surface area contributed by atoms with Gasteiger partial charge in [-0.1, -0.05) is 95.1 Å². The number of rotatable bonds is 13. The summed E-state index contributed by atoms with van der Waals surface area (Å²) in [6, 6.07) is 3.78. The molecule has 0 N–H and O–H groups in total. The van der Waals surface area contributed by atoms with Gasteiger partial charge < -0.3 is 4.74 Å². The number of methoxy groups -OCH3 is 1. The molecule has 2 fully saturated rings. The maximum absolute atomic E-state index is 15.0. The first-order valence-electron chi connectivity index (χ1n) is 14.7. The van der Waals surface area contributed by atoms with Crippen LogP contribution in [0.1, 0.15) is 139 Å². The Balaban J connectivity index is 1.29. The Morgan fingerprint density at radius 3 is 1.97 bits per heavy atom. The third-order valence-corrected chi connectivity index (χ3v) is 8.64. The van der Waals surface area contributed by atoms with E-state index in [1.807, 2.05) is 12.1 Å². The van der Waals surface area contributed by atoms with Crippen molar-refractivity contribution in [1.82, 2.24) is 0 Å². The van der Waals surface area contributed by atoms with Crippen LogP contribution in [-0.4, -0.2) is 7.11 Å². The maximum atomic E-state index is 15.0. The fraction of sp³-hybridized carbons (Fsp3) is 0.750. The highest BCUT2D eigenvalue weighted by molar-refractivity contribution is 5.29. The second-order valence-corrected chi connectivity index (χ2v) is 11.1. The number of hydrogen-bond donors (Lipinski definition) is 0. The summed E-state index contributed by atoms with van der Waals surface area (Å²) in [6.07, 6.45) is 26.3. The number of aryl methyl sites for hydroxylation is 1. The van der Waals surface area contributed by atoms with Crippen molar-refractivity contribution in [2.24, 2.45) is 11.8 Å². The lowest BCUT2D eigenvalue weighted by Crippen LogP contribution is -2.23. The second-order valence-electron chi connectivity index (χ2n) is 11.1. The molecule has 0 atom stereocenters. The van der Waals surface area contributed by atoms with Crippen LogP contribution in [0.3, 0.4) is 0 Å². The molecule has 3 rings (SSSR count). The van der Waals surface area contributed by atoms with Crippen molar-refractivity contribution in [1.29, 1.82) is 0 Å². The number of unbranched alkanes of at least 4 members (excludes halogenated alkanes) is 9. The summed E-state index contributed by atoms with van der Waals surface area (Å²) in [7, 11) is 1.60. The van der Waals surface area contributed by atoms with Crippen molar-refractivity contribution in [3.63, 3.8) is 0 Å². The molecule has 0 aliphatic heterocycles. The first-order chi connectivity index (χ1) is 17.2. The first kappa shape index (κ1) is 28.0. The minimum Gasteiger partial charge on any atom is -0.450 e.